The van der Waals surface area contributed by atoms with Crippen LogP contribution < -0.4 is 10.3 Å². The number of nitrogens with zero attached hydrogens (tertiary/aromatic N) is 1. The SMILES string of the molecule is CN1CCC(c2cccc(S(N)(=O)=O)c2S(N)(=O)=O)C1. The summed E-state index contributed by atoms with van der Waals surface area (Å²) in [6.07, 6.45) is 0.743. The van der Waals surface area contributed by atoms with Crippen LogP contribution in [0.15, 0.2) is 28.0 Å². The van der Waals surface area contributed by atoms with Crippen LogP contribution in [0.25, 0.3) is 0 Å². The van der Waals surface area contributed by atoms with E-state index in [0.717, 1.165) is 19.0 Å². The Morgan fingerprint density at radius 3 is 2.25 bits per heavy atom. The first-order valence-corrected chi connectivity index (χ1v) is 9.07. The van der Waals surface area contributed by atoms with Crippen molar-refractivity contribution in [1.29, 1.82) is 0 Å². The van der Waals surface area contributed by atoms with E-state index < -0.39 is 24.9 Å². The number of rotatable bonds is 3. The Morgan fingerprint density at radius 1 is 1.15 bits per heavy atom. The van der Waals surface area contributed by atoms with Gasteiger partial charge in [0.2, 0.25) is 20.0 Å². The minimum Gasteiger partial charge on any atom is -0.306 e. The van der Waals surface area contributed by atoms with E-state index >= 15 is 0 Å². The van der Waals surface area contributed by atoms with Crippen LogP contribution in [0.1, 0.15) is 17.9 Å². The Morgan fingerprint density at radius 2 is 1.80 bits per heavy atom. The zero-order chi connectivity index (χ0) is 15.1. The largest absolute Gasteiger partial charge is 0.306 e. The molecule has 7 nitrogen and oxygen atoms in total. The highest BCUT2D eigenvalue weighted by Gasteiger charge is 2.31. The third-order valence-corrected chi connectivity index (χ3v) is 5.54. The molecular formula is C11H17N3O4S2. The van der Waals surface area contributed by atoms with E-state index in [1.807, 2.05) is 11.9 Å². The molecule has 1 heterocycles. The second kappa shape index (κ2) is 5.08. The highest BCUT2D eigenvalue weighted by atomic mass is 32.2. The van der Waals surface area contributed by atoms with Gasteiger partial charge in [-0.1, -0.05) is 12.1 Å². The molecule has 0 saturated carbocycles. The molecule has 1 saturated heterocycles. The predicted octanol–water partition coefficient (Wildman–Crippen LogP) is -0.599. The molecule has 112 valence electrons. The minimum absolute atomic E-state index is 0.0741. The Bertz CT molecular complexity index is 728. The fourth-order valence-corrected chi connectivity index (χ4v) is 4.82. The van der Waals surface area contributed by atoms with Gasteiger partial charge in [-0.05, 0) is 37.6 Å². The van der Waals surface area contributed by atoms with Crippen molar-refractivity contribution in [2.75, 3.05) is 20.1 Å². The maximum atomic E-state index is 11.8. The summed E-state index contributed by atoms with van der Waals surface area (Å²) >= 11 is 0. The Hall–Kier alpha value is -1.00. The Balaban J connectivity index is 2.70. The number of benzene rings is 1. The molecule has 1 aliphatic rings. The molecule has 2 rings (SSSR count). The maximum Gasteiger partial charge on any atom is 0.239 e. The molecule has 0 amide bonds. The summed E-state index contributed by atoms with van der Waals surface area (Å²) in [4.78, 5) is 1.23. The van der Waals surface area contributed by atoms with E-state index in [2.05, 4.69) is 0 Å². The van der Waals surface area contributed by atoms with Crippen molar-refractivity contribution in [2.24, 2.45) is 10.3 Å². The molecule has 0 bridgehead atoms. The first kappa shape index (κ1) is 15.4. The number of hydrogen-bond donors (Lipinski definition) is 2. The fraction of sp³-hybridized carbons (Fsp3) is 0.455. The molecule has 1 atom stereocenters. The second-order valence-electron chi connectivity index (χ2n) is 5.01. The summed E-state index contributed by atoms with van der Waals surface area (Å²) in [5.41, 5.74) is 0.420. The van der Waals surface area contributed by atoms with E-state index in [0.29, 0.717) is 12.1 Å². The van der Waals surface area contributed by atoms with E-state index in [1.165, 1.54) is 6.07 Å². The first-order valence-electron chi connectivity index (χ1n) is 5.98. The van der Waals surface area contributed by atoms with Gasteiger partial charge in [0.15, 0.2) is 0 Å². The van der Waals surface area contributed by atoms with E-state index in [9.17, 15) is 16.8 Å². The lowest BCUT2D eigenvalue weighted by Gasteiger charge is -2.17. The molecular weight excluding hydrogens is 302 g/mol. The Labute approximate surface area is 118 Å². The lowest BCUT2D eigenvalue weighted by Crippen LogP contribution is -2.23. The summed E-state index contributed by atoms with van der Waals surface area (Å²) in [6, 6.07) is 4.25. The van der Waals surface area contributed by atoms with Crippen molar-refractivity contribution in [3.8, 4) is 0 Å². The van der Waals surface area contributed by atoms with Crippen molar-refractivity contribution in [3.63, 3.8) is 0 Å². The third-order valence-electron chi connectivity index (χ3n) is 3.43. The van der Waals surface area contributed by atoms with Gasteiger partial charge >= 0.3 is 0 Å². The molecule has 1 unspecified atom stereocenters. The number of likely N-dealkylation sites (tertiary alicyclic amines) is 1. The summed E-state index contributed by atoms with van der Waals surface area (Å²) in [5.74, 6) is -0.0741. The van der Waals surface area contributed by atoms with Gasteiger partial charge in [-0.3, -0.25) is 0 Å². The molecule has 1 aromatic rings. The zero-order valence-corrected chi connectivity index (χ0v) is 12.6. The highest BCUT2D eigenvalue weighted by Crippen LogP contribution is 2.33. The standard InChI is InChI=1S/C11H17N3O4S2/c1-14-6-5-8(7-14)9-3-2-4-10(19(12,15)16)11(9)20(13,17)18/h2-4,8H,5-7H2,1H3,(H2,12,15,16)(H2,13,17,18). The van der Waals surface area contributed by atoms with Crippen LogP contribution in [0.4, 0.5) is 0 Å². The van der Waals surface area contributed by atoms with Gasteiger partial charge in [-0.15, -0.1) is 0 Å². The van der Waals surface area contributed by atoms with Gasteiger partial charge in [0.25, 0.3) is 0 Å². The van der Waals surface area contributed by atoms with Crippen molar-refractivity contribution in [2.45, 2.75) is 22.1 Å². The fourth-order valence-electron chi connectivity index (χ4n) is 2.57. The molecule has 1 aliphatic heterocycles. The topological polar surface area (TPSA) is 124 Å². The van der Waals surface area contributed by atoms with Gasteiger partial charge in [0.05, 0.1) is 0 Å². The van der Waals surface area contributed by atoms with Crippen molar-refractivity contribution < 1.29 is 16.8 Å². The normalized spacial score (nSPS) is 21.2. The molecule has 9 heteroatoms. The smallest absolute Gasteiger partial charge is 0.239 e. The summed E-state index contributed by atoms with van der Waals surface area (Å²) in [5, 5.41) is 10.3. The lowest BCUT2D eigenvalue weighted by molar-refractivity contribution is 0.411. The van der Waals surface area contributed by atoms with Crippen LogP contribution in [0.3, 0.4) is 0 Å². The number of nitrogens with two attached hydrogens (primary N) is 2. The predicted molar refractivity (Wildman–Crippen MR) is 74.0 cm³/mol. The van der Waals surface area contributed by atoms with Crippen molar-refractivity contribution in [3.05, 3.63) is 23.8 Å². The van der Waals surface area contributed by atoms with Gasteiger partial charge in [-0.25, -0.2) is 27.1 Å². The van der Waals surface area contributed by atoms with Gasteiger partial charge in [0.1, 0.15) is 9.79 Å². The third kappa shape index (κ3) is 3.01. The number of hydrogen-bond acceptors (Lipinski definition) is 5. The number of sulfonamides is 2. The van der Waals surface area contributed by atoms with Crippen molar-refractivity contribution in [1.82, 2.24) is 4.90 Å². The van der Waals surface area contributed by atoms with Crippen LogP contribution in [0.5, 0.6) is 0 Å². The maximum absolute atomic E-state index is 11.8. The molecule has 0 aliphatic carbocycles. The number of likely N-dealkylation sites (N-methyl/N-ethyl adjacent to an activating group) is 1. The van der Waals surface area contributed by atoms with E-state index in [-0.39, 0.29) is 10.8 Å². The molecule has 1 aromatic carbocycles. The molecule has 1 fully saturated rings. The highest BCUT2D eigenvalue weighted by molar-refractivity contribution is 7.92. The van der Waals surface area contributed by atoms with Gasteiger partial charge in [-0.2, -0.15) is 0 Å². The molecule has 0 radical (unpaired) electrons. The van der Waals surface area contributed by atoms with Crippen LogP contribution in [0, 0.1) is 0 Å². The molecule has 0 spiro atoms. The summed E-state index contributed by atoms with van der Waals surface area (Å²) < 4.78 is 46.8. The Kier molecular flexibility index (Phi) is 3.91. The number of primary sulfonamides is 2. The minimum atomic E-state index is -4.18. The summed E-state index contributed by atoms with van der Waals surface area (Å²) in [6.45, 7) is 1.46. The quantitative estimate of drug-likeness (QED) is 0.770. The molecule has 20 heavy (non-hydrogen) atoms. The summed E-state index contributed by atoms with van der Waals surface area (Å²) in [7, 11) is -6.42. The van der Waals surface area contributed by atoms with Crippen LogP contribution >= 0.6 is 0 Å². The lowest BCUT2D eigenvalue weighted by atomic mass is 9.98. The van der Waals surface area contributed by atoms with E-state index in [4.69, 9.17) is 10.3 Å². The van der Waals surface area contributed by atoms with Gasteiger partial charge < -0.3 is 4.90 Å². The monoisotopic (exact) mass is 319 g/mol. The van der Waals surface area contributed by atoms with Crippen molar-refractivity contribution >= 4 is 20.0 Å². The average Bonchev–Trinajstić information content (AvgIpc) is 2.72. The van der Waals surface area contributed by atoms with Crippen LogP contribution in [0.2, 0.25) is 0 Å². The zero-order valence-electron chi connectivity index (χ0n) is 11.0. The second-order valence-corrected chi connectivity index (χ2v) is 8.04. The van der Waals surface area contributed by atoms with Crippen LogP contribution in [-0.2, 0) is 20.0 Å². The molecule has 4 N–H and O–H groups in total. The average molecular weight is 319 g/mol. The first-order chi connectivity index (χ1) is 9.10. The van der Waals surface area contributed by atoms with Gasteiger partial charge in [0, 0.05) is 6.54 Å². The van der Waals surface area contributed by atoms with Crippen LogP contribution in [-0.4, -0.2) is 41.9 Å². The van der Waals surface area contributed by atoms with E-state index in [1.54, 1.807) is 6.07 Å². The molecule has 0 aromatic heterocycles.